The van der Waals surface area contributed by atoms with Gasteiger partial charge in [0.1, 0.15) is 18.1 Å². The standard InChI is InChI=1S/C9H8N6/c1-6-8(3-2-7(4-10)13-6)14-9-11-5-12-15-9/h2-3,5H,1H3,(H2,11,12,14,15). The van der Waals surface area contributed by atoms with Gasteiger partial charge in [-0.1, -0.05) is 0 Å². The lowest BCUT2D eigenvalue weighted by atomic mass is 10.3. The van der Waals surface area contributed by atoms with Gasteiger partial charge in [0, 0.05) is 0 Å². The predicted molar refractivity (Wildman–Crippen MR) is 53.4 cm³/mol. The molecule has 2 aromatic heterocycles. The van der Waals surface area contributed by atoms with Crippen molar-refractivity contribution in [1.82, 2.24) is 20.2 Å². The van der Waals surface area contributed by atoms with E-state index in [1.54, 1.807) is 12.1 Å². The summed E-state index contributed by atoms with van der Waals surface area (Å²) < 4.78 is 0. The summed E-state index contributed by atoms with van der Waals surface area (Å²) in [6, 6.07) is 5.40. The van der Waals surface area contributed by atoms with Crippen molar-refractivity contribution < 1.29 is 0 Å². The minimum atomic E-state index is 0.399. The highest BCUT2D eigenvalue weighted by molar-refractivity contribution is 5.56. The fraction of sp³-hybridized carbons (Fsp3) is 0.111. The Morgan fingerprint density at radius 1 is 1.47 bits per heavy atom. The van der Waals surface area contributed by atoms with Gasteiger partial charge in [-0.05, 0) is 19.1 Å². The van der Waals surface area contributed by atoms with Crippen molar-refractivity contribution in [3.05, 3.63) is 29.8 Å². The molecule has 0 radical (unpaired) electrons. The Labute approximate surface area is 86.0 Å². The summed E-state index contributed by atoms with van der Waals surface area (Å²) in [7, 11) is 0. The van der Waals surface area contributed by atoms with Crippen LogP contribution in [0.15, 0.2) is 18.5 Å². The Balaban J connectivity index is 2.27. The van der Waals surface area contributed by atoms with Crippen LogP contribution >= 0.6 is 0 Å². The molecule has 0 bridgehead atoms. The largest absolute Gasteiger partial charge is 0.323 e. The van der Waals surface area contributed by atoms with Gasteiger partial charge in [0.15, 0.2) is 0 Å². The second-order valence-electron chi connectivity index (χ2n) is 2.90. The fourth-order valence-electron chi connectivity index (χ4n) is 1.15. The first-order valence-corrected chi connectivity index (χ1v) is 4.30. The lowest BCUT2D eigenvalue weighted by Gasteiger charge is -2.04. The first-order chi connectivity index (χ1) is 7.29. The van der Waals surface area contributed by atoms with Crippen LogP contribution in [0.25, 0.3) is 0 Å². The van der Waals surface area contributed by atoms with Gasteiger partial charge in [-0.3, -0.25) is 0 Å². The zero-order valence-electron chi connectivity index (χ0n) is 8.02. The maximum absolute atomic E-state index is 8.65. The van der Waals surface area contributed by atoms with Crippen molar-refractivity contribution in [2.45, 2.75) is 6.92 Å². The lowest BCUT2D eigenvalue weighted by Crippen LogP contribution is -1.98. The van der Waals surface area contributed by atoms with E-state index in [1.807, 2.05) is 13.0 Å². The van der Waals surface area contributed by atoms with E-state index in [1.165, 1.54) is 6.33 Å². The topological polar surface area (TPSA) is 90.3 Å². The summed E-state index contributed by atoms with van der Waals surface area (Å²) in [6.45, 7) is 1.82. The maximum Gasteiger partial charge on any atom is 0.222 e. The summed E-state index contributed by atoms with van der Waals surface area (Å²) in [5, 5.41) is 18.0. The molecule has 0 amide bonds. The number of H-pyrrole nitrogens is 1. The fourth-order valence-corrected chi connectivity index (χ4v) is 1.15. The van der Waals surface area contributed by atoms with E-state index in [4.69, 9.17) is 5.26 Å². The molecule has 0 aliphatic carbocycles. The number of anilines is 2. The van der Waals surface area contributed by atoms with Crippen molar-refractivity contribution in [3.8, 4) is 6.07 Å². The number of hydrogen-bond acceptors (Lipinski definition) is 5. The molecule has 74 valence electrons. The Kier molecular flexibility index (Phi) is 2.29. The number of nitrogens with zero attached hydrogens (tertiary/aromatic N) is 4. The van der Waals surface area contributed by atoms with Crippen molar-refractivity contribution in [2.75, 3.05) is 5.32 Å². The van der Waals surface area contributed by atoms with Crippen LogP contribution in [-0.2, 0) is 0 Å². The van der Waals surface area contributed by atoms with Crippen molar-refractivity contribution in [2.24, 2.45) is 0 Å². The molecule has 0 atom stereocenters. The number of hydrogen-bond donors (Lipinski definition) is 2. The molecule has 0 fully saturated rings. The molecule has 2 N–H and O–H groups in total. The zero-order chi connectivity index (χ0) is 10.7. The second-order valence-corrected chi connectivity index (χ2v) is 2.90. The highest BCUT2D eigenvalue weighted by Gasteiger charge is 2.02. The van der Waals surface area contributed by atoms with E-state index in [0.717, 1.165) is 11.4 Å². The van der Waals surface area contributed by atoms with Crippen LogP contribution < -0.4 is 5.32 Å². The highest BCUT2D eigenvalue weighted by atomic mass is 15.3. The minimum absolute atomic E-state index is 0.399. The van der Waals surface area contributed by atoms with Crippen LogP contribution in [0.4, 0.5) is 11.6 Å². The van der Waals surface area contributed by atoms with E-state index in [2.05, 4.69) is 25.5 Å². The van der Waals surface area contributed by atoms with Crippen molar-refractivity contribution in [1.29, 1.82) is 5.26 Å². The first-order valence-electron chi connectivity index (χ1n) is 4.30. The molecule has 0 unspecified atom stereocenters. The molecule has 2 aromatic rings. The maximum atomic E-state index is 8.65. The third-order valence-electron chi connectivity index (χ3n) is 1.87. The van der Waals surface area contributed by atoms with E-state index in [-0.39, 0.29) is 0 Å². The van der Waals surface area contributed by atoms with Gasteiger partial charge in [0.05, 0.1) is 11.4 Å². The third kappa shape index (κ3) is 1.91. The van der Waals surface area contributed by atoms with E-state index in [9.17, 15) is 0 Å². The van der Waals surface area contributed by atoms with Crippen LogP contribution in [0.5, 0.6) is 0 Å². The number of pyridine rings is 1. The molecule has 2 heterocycles. The minimum Gasteiger partial charge on any atom is -0.323 e. The number of nitrogens with one attached hydrogen (secondary N) is 2. The van der Waals surface area contributed by atoms with Crippen LogP contribution in [0.3, 0.4) is 0 Å². The number of aromatic nitrogens is 4. The van der Waals surface area contributed by atoms with E-state index in [0.29, 0.717) is 11.6 Å². The van der Waals surface area contributed by atoms with Crippen LogP contribution in [0.2, 0.25) is 0 Å². The van der Waals surface area contributed by atoms with Gasteiger partial charge in [-0.2, -0.15) is 15.3 Å². The monoisotopic (exact) mass is 200 g/mol. The SMILES string of the molecule is Cc1nc(C#N)ccc1Nc1ncn[nH]1. The molecule has 0 spiro atoms. The number of aromatic amines is 1. The normalized spacial score (nSPS) is 9.60. The summed E-state index contributed by atoms with van der Waals surface area (Å²) >= 11 is 0. The number of aryl methyl sites for hydroxylation is 1. The van der Waals surface area contributed by atoms with Gasteiger partial charge in [0.2, 0.25) is 5.95 Å². The number of nitriles is 1. The molecule has 0 saturated carbocycles. The zero-order valence-corrected chi connectivity index (χ0v) is 8.02. The van der Waals surface area contributed by atoms with Gasteiger partial charge in [-0.15, -0.1) is 0 Å². The molecule has 0 saturated heterocycles. The summed E-state index contributed by atoms with van der Waals surface area (Å²) in [4.78, 5) is 8.01. The second kappa shape index (κ2) is 3.75. The smallest absolute Gasteiger partial charge is 0.222 e. The van der Waals surface area contributed by atoms with Crippen LogP contribution in [0, 0.1) is 18.3 Å². The molecular formula is C9H8N6. The van der Waals surface area contributed by atoms with Crippen molar-refractivity contribution >= 4 is 11.6 Å². The molecule has 2 rings (SSSR count). The molecule has 6 heteroatoms. The third-order valence-corrected chi connectivity index (χ3v) is 1.87. The Morgan fingerprint density at radius 2 is 2.33 bits per heavy atom. The van der Waals surface area contributed by atoms with Crippen LogP contribution in [-0.4, -0.2) is 20.2 Å². The van der Waals surface area contributed by atoms with E-state index < -0.39 is 0 Å². The molecular weight excluding hydrogens is 192 g/mol. The average Bonchev–Trinajstić information content (AvgIpc) is 2.74. The first kappa shape index (κ1) is 9.15. The van der Waals surface area contributed by atoms with E-state index >= 15 is 0 Å². The summed E-state index contributed by atoms with van der Waals surface area (Å²) in [5.74, 6) is 0.546. The van der Waals surface area contributed by atoms with Gasteiger partial charge >= 0.3 is 0 Å². The highest BCUT2D eigenvalue weighted by Crippen LogP contribution is 2.15. The Hall–Kier alpha value is -2.42. The van der Waals surface area contributed by atoms with Crippen molar-refractivity contribution in [3.63, 3.8) is 0 Å². The van der Waals surface area contributed by atoms with Gasteiger partial charge in [0.25, 0.3) is 0 Å². The lowest BCUT2D eigenvalue weighted by molar-refractivity contribution is 1.09. The van der Waals surface area contributed by atoms with Crippen LogP contribution in [0.1, 0.15) is 11.4 Å². The molecule has 6 nitrogen and oxygen atoms in total. The molecule has 0 aliphatic rings. The Bertz CT molecular complexity index is 496. The Morgan fingerprint density at radius 3 is 2.93 bits per heavy atom. The average molecular weight is 200 g/mol. The summed E-state index contributed by atoms with van der Waals surface area (Å²) in [5.41, 5.74) is 1.94. The summed E-state index contributed by atoms with van der Waals surface area (Å²) in [6.07, 6.45) is 1.41. The van der Waals surface area contributed by atoms with Gasteiger partial charge < -0.3 is 5.32 Å². The van der Waals surface area contributed by atoms with Gasteiger partial charge in [-0.25, -0.2) is 10.1 Å². The molecule has 15 heavy (non-hydrogen) atoms. The quantitative estimate of drug-likeness (QED) is 0.758. The number of rotatable bonds is 2. The molecule has 0 aliphatic heterocycles. The predicted octanol–water partition coefficient (Wildman–Crippen LogP) is 1.12. The molecule has 0 aromatic carbocycles.